The van der Waals surface area contributed by atoms with E-state index in [9.17, 15) is 8.78 Å². The van der Waals surface area contributed by atoms with E-state index in [1.165, 1.54) is 6.07 Å². The SMILES string of the molecule is CC(C)Nc1nc2c(nc1N1CCC(Cc3ccc(F)cc3F)CC1)CCNC2. The molecule has 0 spiro atoms. The highest BCUT2D eigenvalue weighted by atomic mass is 19.1. The Bertz CT molecular complexity index is 863. The Balaban J connectivity index is 1.47. The zero-order valence-corrected chi connectivity index (χ0v) is 17.1. The molecule has 7 heteroatoms. The lowest BCUT2D eigenvalue weighted by Gasteiger charge is -2.34. The molecule has 4 rings (SSSR count). The maximum absolute atomic E-state index is 14.0. The van der Waals surface area contributed by atoms with Gasteiger partial charge in [-0.3, -0.25) is 0 Å². The summed E-state index contributed by atoms with van der Waals surface area (Å²) in [6.07, 6.45) is 3.46. The summed E-state index contributed by atoms with van der Waals surface area (Å²) in [6.45, 7) is 7.64. The van der Waals surface area contributed by atoms with Crippen LogP contribution in [-0.4, -0.2) is 35.6 Å². The molecule has 0 atom stereocenters. The van der Waals surface area contributed by atoms with Crippen LogP contribution < -0.4 is 15.5 Å². The van der Waals surface area contributed by atoms with E-state index in [0.717, 1.165) is 74.5 Å². The quantitative estimate of drug-likeness (QED) is 0.801. The number of fused-ring (bicyclic) bond motifs is 1. The second kappa shape index (κ2) is 8.61. The number of nitrogens with one attached hydrogen (secondary N) is 2. The zero-order chi connectivity index (χ0) is 20.4. The Labute approximate surface area is 170 Å². The summed E-state index contributed by atoms with van der Waals surface area (Å²) in [4.78, 5) is 12.2. The van der Waals surface area contributed by atoms with Gasteiger partial charge in [-0.05, 0) is 50.7 Å². The zero-order valence-electron chi connectivity index (χ0n) is 17.1. The minimum atomic E-state index is -0.521. The lowest BCUT2D eigenvalue weighted by atomic mass is 9.90. The molecule has 29 heavy (non-hydrogen) atoms. The molecule has 0 aliphatic carbocycles. The molecule has 0 radical (unpaired) electrons. The third-order valence-corrected chi connectivity index (χ3v) is 5.73. The molecule has 1 saturated heterocycles. The largest absolute Gasteiger partial charge is 0.365 e. The van der Waals surface area contributed by atoms with Gasteiger partial charge in [0.15, 0.2) is 11.6 Å². The normalized spacial score (nSPS) is 17.5. The number of hydrogen-bond acceptors (Lipinski definition) is 5. The van der Waals surface area contributed by atoms with Crippen molar-refractivity contribution in [3.05, 3.63) is 46.8 Å². The van der Waals surface area contributed by atoms with Crippen molar-refractivity contribution >= 4 is 11.6 Å². The van der Waals surface area contributed by atoms with E-state index >= 15 is 0 Å². The van der Waals surface area contributed by atoms with Crippen LogP contribution >= 0.6 is 0 Å². The average Bonchev–Trinajstić information content (AvgIpc) is 2.70. The van der Waals surface area contributed by atoms with Crippen LogP contribution in [0.5, 0.6) is 0 Å². The topological polar surface area (TPSA) is 53.1 Å². The van der Waals surface area contributed by atoms with Crippen molar-refractivity contribution in [2.24, 2.45) is 5.92 Å². The van der Waals surface area contributed by atoms with Crippen molar-refractivity contribution in [2.75, 3.05) is 29.9 Å². The minimum Gasteiger partial charge on any atom is -0.365 e. The fraction of sp³-hybridized carbons (Fsp3) is 0.545. The maximum atomic E-state index is 14.0. The Kier molecular flexibility index (Phi) is 5.94. The average molecular weight is 402 g/mol. The molecule has 1 aromatic heterocycles. The second-order valence-corrected chi connectivity index (χ2v) is 8.39. The summed E-state index contributed by atoms with van der Waals surface area (Å²) >= 11 is 0. The molecular formula is C22H29F2N5. The lowest BCUT2D eigenvalue weighted by molar-refractivity contribution is 0.395. The smallest absolute Gasteiger partial charge is 0.172 e. The standard InChI is InChI=1S/C22H29F2N5/c1-14(2)26-21-22(28-19-5-8-25-13-20(19)27-21)29-9-6-15(7-10-29)11-16-3-4-17(23)12-18(16)24/h3-4,12,14-15,25H,5-11,13H2,1-2H3,(H,26,27). The molecule has 3 heterocycles. The van der Waals surface area contributed by atoms with Crippen molar-refractivity contribution in [1.29, 1.82) is 0 Å². The molecule has 5 nitrogen and oxygen atoms in total. The van der Waals surface area contributed by atoms with Gasteiger partial charge in [-0.15, -0.1) is 0 Å². The van der Waals surface area contributed by atoms with Crippen LogP contribution in [-0.2, 0) is 19.4 Å². The first-order valence-corrected chi connectivity index (χ1v) is 10.6. The molecule has 2 aromatic rings. The van der Waals surface area contributed by atoms with Crippen molar-refractivity contribution in [2.45, 2.75) is 52.1 Å². The van der Waals surface area contributed by atoms with Crippen molar-refractivity contribution in [1.82, 2.24) is 15.3 Å². The second-order valence-electron chi connectivity index (χ2n) is 8.39. The number of benzene rings is 1. The maximum Gasteiger partial charge on any atom is 0.172 e. The van der Waals surface area contributed by atoms with E-state index in [0.29, 0.717) is 17.9 Å². The molecule has 1 fully saturated rings. The number of anilines is 2. The highest BCUT2D eigenvalue weighted by Crippen LogP contribution is 2.31. The number of hydrogen-bond donors (Lipinski definition) is 2. The number of rotatable bonds is 5. The first-order valence-electron chi connectivity index (χ1n) is 10.6. The highest BCUT2D eigenvalue weighted by Gasteiger charge is 2.26. The van der Waals surface area contributed by atoms with Gasteiger partial charge in [0.1, 0.15) is 11.6 Å². The fourth-order valence-electron chi connectivity index (χ4n) is 4.19. The number of halogens is 2. The molecule has 156 valence electrons. The molecule has 0 saturated carbocycles. The molecule has 0 bridgehead atoms. The fourth-order valence-corrected chi connectivity index (χ4v) is 4.19. The van der Waals surface area contributed by atoms with E-state index in [1.807, 2.05) is 0 Å². The van der Waals surface area contributed by atoms with Gasteiger partial charge >= 0.3 is 0 Å². The van der Waals surface area contributed by atoms with Crippen molar-refractivity contribution in [3.8, 4) is 0 Å². The third-order valence-electron chi connectivity index (χ3n) is 5.73. The predicted molar refractivity (Wildman–Crippen MR) is 111 cm³/mol. The summed E-state index contributed by atoms with van der Waals surface area (Å²) in [5.74, 6) is 1.22. The molecule has 0 unspecified atom stereocenters. The van der Waals surface area contributed by atoms with Crippen LogP contribution in [0, 0.1) is 17.6 Å². The monoisotopic (exact) mass is 401 g/mol. The number of aromatic nitrogens is 2. The first-order chi connectivity index (χ1) is 14.0. The Morgan fingerprint density at radius 2 is 1.97 bits per heavy atom. The third kappa shape index (κ3) is 4.66. The summed E-state index contributed by atoms with van der Waals surface area (Å²) in [7, 11) is 0. The summed E-state index contributed by atoms with van der Waals surface area (Å²) in [5.41, 5.74) is 2.72. The van der Waals surface area contributed by atoms with Crippen LogP contribution in [0.4, 0.5) is 20.4 Å². The summed E-state index contributed by atoms with van der Waals surface area (Å²) < 4.78 is 27.1. The summed E-state index contributed by atoms with van der Waals surface area (Å²) in [5, 5.41) is 6.82. The van der Waals surface area contributed by atoms with Crippen LogP contribution in [0.3, 0.4) is 0 Å². The number of piperidine rings is 1. The minimum absolute atomic E-state index is 0.275. The van der Waals surface area contributed by atoms with Crippen molar-refractivity contribution < 1.29 is 8.78 Å². The molecule has 0 amide bonds. The Hall–Kier alpha value is -2.28. The molecule has 2 N–H and O–H groups in total. The van der Waals surface area contributed by atoms with Gasteiger partial charge in [0, 0.05) is 44.7 Å². The van der Waals surface area contributed by atoms with Crippen LogP contribution in [0.15, 0.2) is 18.2 Å². The van der Waals surface area contributed by atoms with E-state index in [-0.39, 0.29) is 6.04 Å². The van der Waals surface area contributed by atoms with Crippen LogP contribution in [0.25, 0.3) is 0 Å². The van der Waals surface area contributed by atoms with E-state index in [2.05, 4.69) is 29.4 Å². The van der Waals surface area contributed by atoms with Gasteiger partial charge in [-0.25, -0.2) is 18.7 Å². The molecule has 2 aliphatic rings. The van der Waals surface area contributed by atoms with Gasteiger partial charge in [0.25, 0.3) is 0 Å². The summed E-state index contributed by atoms with van der Waals surface area (Å²) in [6, 6.07) is 4.17. The lowest BCUT2D eigenvalue weighted by Crippen LogP contribution is -2.37. The van der Waals surface area contributed by atoms with Crippen LogP contribution in [0.1, 0.15) is 43.6 Å². The molecule has 2 aliphatic heterocycles. The predicted octanol–water partition coefficient (Wildman–Crippen LogP) is 3.68. The van der Waals surface area contributed by atoms with E-state index in [1.54, 1.807) is 6.07 Å². The first kappa shape index (κ1) is 20.0. The van der Waals surface area contributed by atoms with E-state index < -0.39 is 11.6 Å². The van der Waals surface area contributed by atoms with Gasteiger partial charge < -0.3 is 15.5 Å². The highest BCUT2D eigenvalue weighted by molar-refractivity contribution is 5.62. The Morgan fingerprint density at radius 1 is 1.17 bits per heavy atom. The molecule has 1 aromatic carbocycles. The molecular weight excluding hydrogens is 372 g/mol. The van der Waals surface area contributed by atoms with E-state index in [4.69, 9.17) is 9.97 Å². The van der Waals surface area contributed by atoms with Gasteiger partial charge in [-0.1, -0.05) is 6.07 Å². The van der Waals surface area contributed by atoms with Gasteiger partial charge in [-0.2, -0.15) is 0 Å². The van der Waals surface area contributed by atoms with Gasteiger partial charge in [0.05, 0.1) is 11.4 Å². The van der Waals surface area contributed by atoms with Crippen LogP contribution in [0.2, 0.25) is 0 Å². The Morgan fingerprint density at radius 3 is 2.69 bits per heavy atom. The van der Waals surface area contributed by atoms with Gasteiger partial charge in [0.2, 0.25) is 0 Å². The van der Waals surface area contributed by atoms with Crippen molar-refractivity contribution in [3.63, 3.8) is 0 Å². The number of nitrogens with zero attached hydrogens (tertiary/aromatic N) is 3.